The Kier molecular flexibility index (Phi) is 4.08. The molecule has 0 aromatic heterocycles. The van der Waals surface area contributed by atoms with E-state index in [1.54, 1.807) is 0 Å². The van der Waals surface area contributed by atoms with E-state index in [1.807, 2.05) is 0 Å². The number of rotatable bonds is 4. The van der Waals surface area contributed by atoms with Crippen molar-refractivity contribution in [1.29, 1.82) is 0 Å². The van der Waals surface area contributed by atoms with Gasteiger partial charge in [-0.3, -0.25) is 0 Å². The van der Waals surface area contributed by atoms with E-state index in [0.29, 0.717) is 0 Å². The van der Waals surface area contributed by atoms with Gasteiger partial charge in [-0.2, -0.15) is 0 Å². The number of halogens is 1. The van der Waals surface area contributed by atoms with Crippen molar-refractivity contribution in [2.45, 2.75) is 13.5 Å². The molecule has 2 rings (SSSR count). The van der Waals surface area contributed by atoms with Crippen molar-refractivity contribution in [3.05, 3.63) is 47.5 Å². The second-order valence-corrected chi connectivity index (χ2v) is 6.38. The van der Waals surface area contributed by atoms with Gasteiger partial charge in [0, 0.05) is 5.56 Å². The monoisotopic (exact) mass is 306 g/mol. The standard InChI is InChI=1S/C16H21BrN/c1-13-8-9-14-6-4-5-7-15(14)16(13)12-18(2,3)11-10-17/h4-9H,10-12H2,1-3H3/q+1. The van der Waals surface area contributed by atoms with Gasteiger partial charge in [-0.05, 0) is 23.3 Å². The van der Waals surface area contributed by atoms with Crippen LogP contribution in [0.2, 0.25) is 0 Å². The van der Waals surface area contributed by atoms with Crippen LogP contribution in [0.5, 0.6) is 0 Å². The third kappa shape index (κ3) is 2.93. The Morgan fingerprint density at radius 3 is 2.50 bits per heavy atom. The zero-order chi connectivity index (χ0) is 13.2. The van der Waals surface area contributed by atoms with Crippen molar-refractivity contribution in [2.75, 3.05) is 26.0 Å². The van der Waals surface area contributed by atoms with E-state index in [0.717, 1.165) is 22.9 Å². The molecule has 0 atom stereocenters. The smallest absolute Gasteiger partial charge is 0.105 e. The van der Waals surface area contributed by atoms with E-state index in [9.17, 15) is 0 Å². The Morgan fingerprint density at radius 2 is 1.78 bits per heavy atom. The minimum absolute atomic E-state index is 1.01. The van der Waals surface area contributed by atoms with Crippen LogP contribution < -0.4 is 0 Å². The van der Waals surface area contributed by atoms with Crippen molar-refractivity contribution in [1.82, 2.24) is 0 Å². The van der Waals surface area contributed by atoms with Gasteiger partial charge < -0.3 is 4.48 Å². The van der Waals surface area contributed by atoms with Crippen LogP contribution in [-0.2, 0) is 6.54 Å². The van der Waals surface area contributed by atoms with Gasteiger partial charge in [-0.1, -0.05) is 52.3 Å². The van der Waals surface area contributed by atoms with E-state index >= 15 is 0 Å². The number of hydrogen-bond donors (Lipinski definition) is 0. The summed E-state index contributed by atoms with van der Waals surface area (Å²) in [4.78, 5) is 0. The summed E-state index contributed by atoms with van der Waals surface area (Å²) in [5.41, 5.74) is 2.88. The summed E-state index contributed by atoms with van der Waals surface area (Å²) < 4.78 is 1.01. The average molecular weight is 307 g/mol. The normalized spacial score (nSPS) is 12.0. The third-order valence-electron chi connectivity index (χ3n) is 3.55. The molecule has 0 heterocycles. The summed E-state index contributed by atoms with van der Waals surface area (Å²) in [5.74, 6) is 0. The highest BCUT2D eigenvalue weighted by molar-refractivity contribution is 9.09. The summed E-state index contributed by atoms with van der Waals surface area (Å²) in [6.07, 6.45) is 0. The van der Waals surface area contributed by atoms with Gasteiger partial charge in [0.05, 0.1) is 26.0 Å². The topological polar surface area (TPSA) is 0 Å². The molecule has 0 aliphatic heterocycles. The molecule has 96 valence electrons. The molecule has 0 saturated carbocycles. The molecule has 0 saturated heterocycles. The van der Waals surface area contributed by atoms with Gasteiger partial charge in [-0.25, -0.2) is 0 Å². The highest BCUT2D eigenvalue weighted by atomic mass is 79.9. The van der Waals surface area contributed by atoms with Gasteiger partial charge in [-0.15, -0.1) is 0 Å². The van der Waals surface area contributed by atoms with Crippen molar-refractivity contribution in [3.8, 4) is 0 Å². The maximum absolute atomic E-state index is 3.55. The predicted octanol–water partition coefficient (Wildman–Crippen LogP) is 4.12. The van der Waals surface area contributed by atoms with Crippen LogP contribution in [0, 0.1) is 6.92 Å². The first-order valence-electron chi connectivity index (χ1n) is 6.39. The molecular weight excluding hydrogens is 286 g/mol. The summed E-state index contributed by atoms with van der Waals surface area (Å²) in [5, 5.41) is 3.79. The summed E-state index contributed by atoms with van der Waals surface area (Å²) in [7, 11) is 4.59. The largest absolute Gasteiger partial charge is 0.324 e. The Balaban J connectivity index is 2.46. The van der Waals surface area contributed by atoms with Crippen molar-refractivity contribution >= 4 is 26.7 Å². The third-order valence-corrected chi connectivity index (χ3v) is 3.91. The van der Waals surface area contributed by atoms with E-state index in [-0.39, 0.29) is 0 Å². The number of hydrogen-bond acceptors (Lipinski definition) is 0. The molecule has 0 aliphatic carbocycles. The van der Waals surface area contributed by atoms with Crippen LogP contribution in [0.25, 0.3) is 10.8 Å². The lowest BCUT2D eigenvalue weighted by atomic mass is 9.99. The summed E-state index contributed by atoms with van der Waals surface area (Å²) in [6.45, 7) is 4.44. The second-order valence-electron chi connectivity index (χ2n) is 5.59. The summed E-state index contributed by atoms with van der Waals surface area (Å²) >= 11 is 3.55. The number of aryl methyl sites for hydroxylation is 1. The average Bonchev–Trinajstić information content (AvgIpc) is 2.33. The lowest BCUT2D eigenvalue weighted by molar-refractivity contribution is -0.900. The molecule has 0 N–H and O–H groups in total. The Labute approximate surface area is 118 Å². The molecule has 0 aliphatic rings. The van der Waals surface area contributed by atoms with Gasteiger partial charge in [0.15, 0.2) is 0 Å². The fraction of sp³-hybridized carbons (Fsp3) is 0.375. The minimum atomic E-state index is 1.01. The van der Waals surface area contributed by atoms with E-state index in [1.165, 1.54) is 21.9 Å². The molecule has 2 aromatic carbocycles. The molecule has 1 nitrogen and oxygen atoms in total. The van der Waals surface area contributed by atoms with Crippen LogP contribution in [0.1, 0.15) is 11.1 Å². The number of fused-ring (bicyclic) bond motifs is 1. The zero-order valence-corrected chi connectivity index (χ0v) is 13.0. The number of quaternary nitrogens is 1. The maximum Gasteiger partial charge on any atom is 0.105 e. The Morgan fingerprint density at radius 1 is 1.06 bits per heavy atom. The highest BCUT2D eigenvalue weighted by Gasteiger charge is 2.17. The van der Waals surface area contributed by atoms with Crippen LogP contribution >= 0.6 is 15.9 Å². The van der Waals surface area contributed by atoms with Crippen molar-refractivity contribution in [2.24, 2.45) is 0 Å². The number of benzene rings is 2. The first kappa shape index (κ1) is 13.6. The van der Waals surface area contributed by atoms with Crippen molar-refractivity contribution in [3.63, 3.8) is 0 Å². The Bertz CT molecular complexity index is 546. The first-order valence-corrected chi connectivity index (χ1v) is 7.51. The molecular formula is C16H21BrN+. The number of alkyl halides is 1. The molecule has 2 heteroatoms. The van der Waals surface area contributed by atoms with E-state index in [2.05, 4.69) is 73.3 Å². The van der Waals surface area contributed by atoms with Gasteiger partial charge in [0.2, 0.25) is 0 Å². The molecule has 18 heavy (non-hydrogen) atoms. The van der Waals surface area contributed by atoms with Crippen molar-refractivity contribution < 1.29 is 4.48 Å². The van der Waals surface area contributed by atoms with Crippen LogP contribution in [-0.4, -0.2) is 30.5 Å². The lowest BCUT2D eigenvalue weighted by Crippen LogP contribution is -2.40. The van der Waals surface area contributed by atoms with E-state index < -0.39 is 0 Å². The second kappa shape index (κ2) is 5.41. The van der Waals surface area contributed by atoms with Crippen LogP contribution in [0.4, 0.5) is 0 Å². The maximum atomic E-state index is 3.55. The lowest BCUT2D eigenvalue weighted by Gasteiger charge is -2.30. The molecule has 0 amide bonds. The zero-order valence-electron chi connectivity index (χ0n) is 11.4. The molecule has 0 fully saturated rings. The molecule has 0 unspecified atom stereocenters. The molecule has 0 bridgehead atoms. The fourth-order valence-corrected chi connectivity index (χ4v) is 3.35. The van der Waals surface area contributed by atoms with Crippen LogP contribution in [0.3, 0.4) is 0 Å². The van der Waals surface area contributed by atoms with E-state index in [4.69, 9.17) is 0 Å². The van der Waals surface area contributed by atoms with Gasteiger partial charge >= 0.3 is 0 Å². The first-order chi connectivity index (χ1) is 8.53. The fourth-order valence-electron chi connectivity index (χ4n) is 2.39. The number of nitrogens with zero attached hydrogens (tertiary/aromatic N) is 1. The SMILES string of the molecule is Cc1ccc2ccccc2c1C[N+](C)(C)CCBr. The molecule has 2 aromatic rings. The van der Waals surface area contributed by atoms with Crippen LogP contribution in [0.15, 0.2) is 36.4 Å². The molecule has 0 radical (unpaired) electrons. The predicted molar refractivity (Wildman–Crippen MR) is 83.2 cm³/mol. The Hall–Kier alpha value is -0.860. The highest BCUT2D eigenvalue weighted by Crippen LogP contribution is 2.24. The van der Waals surface area contributed by atoms with Gasteiger partial charge in [0.1, 0.15) is 6.54 Å². The van der Waals surface area contributed by atoms with Gasteiger partial charge in [0.25, 0.3) is 0 Å². The minimum Gasteiger partial charge on any atom is -0.324 e. The summed E-state index contributed by atoms with van der Waals surface area (Å²) in [6, 6.07) is 13.1. The quantitative estimate of drug-likeness (QED) is 0.589. The molecule has 0 spiro atoms.